The maximum absolute atomic E-state index is 11.0. The standard InChI is InChI=1S/C12H14N2O2/c1-7-4-9(5-7)13-8-2-3-11-10(6-8)14-12(15)16-11/h2-3,6-7,9,13H,4-5H2,1H3,(H,14,15). The molecular formula is C12H14N2O2. The number of aromatic nitrogens is 1. The second-order valence-electron chi connectivity index (χ2n) is 4.64. The van der Waals surface area contributed by atoms with Crippen molar-refractivity contribution >= 4 is 16.8 Å². The van der Waals surface area contributed by atoms with Crippen LogP contribution in [0.5, 0.6) is 0 Å². The monoisotopic (exact) mass is 218 g/mol. The summed E-state index contributed by atoms with van der Waals surface area (Å²) in [5.41, 5.74) is 2.40. The van der Waals surface area contributed by atoms with Gasteiger partial charge in [0.2, 0.25) is 0 Å². The SMILES string of the molecule is CC1CC(Nc2ccc3oc(=O)[nH]c3c2)C1. The second-order valence-corrected chi connectivity index (χ2v) is 4.64. The van der Waals surface area contributed by atoms with E-state index >= 15 is 0 Å². The van der Waals surface area contributed by atoms with E-state index in [-0.39, 0.29) is 0 Å². The van der Waals surface area contributed by atoms with E-state index in [0.717, 1.165) is 17.1 Å². The van der Waals surface area contributed by atoms with Gasteiger partial charge in [-0.1, -0.05) is 6.92 Å². The first-order valence-electron chi connectivity index (χ1n) is 5.60. The lowest BCUT2D eigenvalue weighted by Gasteiger charge is -2.34. The van der Waals surface area contributed by atoms with E-state index in [0.29, 0.717) is 11.6 Å². The Kier molecular flexibility index (Phi) is 2.02. The van der Waals surface area contributed by atoms with E-state index in [2.05, 4.69) is 17.2 Å². The minimum absolute atomic E-state index is 0.399. The van der Waals surface area contributed by atoms with Gasteiger partial charge in [-0.3, -0.25) is 4.98 Å². The molecule has 4 nitrogen and oxygen atoms in total. The van der Waals surface area contributed by atoms with Crippen LogP contribution < -0.4 is 11.1 Å². The second kappa shape index (κ2) is 3.40. The quantitative estimate of drug-likeness (QED) is 0.813. The maximum atomic E-state index is 11.0. The normalized spacial score (nSPS) is 24.3. The smallest absolute Gasteiger partial charge is 0.408 e. The maximum Gasteiger partial charge on any atom is 0.417 e. The zero-order valence-electron chi connectivity index (χ0n) is 9.12. The molecule has 1 aromatic carbocycles. The number of rotatable bonds is 2. The zero-order chi connectivity index (χ0) is 11.1. The Hall–Kier alpha value is -1.71. The van der Waals surface area contributed by atoms with Crippen LogP contribution in [0.2, 0.25) is 0 Å². The minimum atomic E-state index is -0.399. The Morgan fingerprint density at radius 2 is 2.25 bits per heavy atom. The van der Waals surface area contributed by atoms with E-state index in [1.54, 1.807) is 0 Å². The van der Waals surface area contributed by atoms with Gasteiger partial charge in [-0.2, -0.15) is 0 Å². The van der Waals surface area contributed by atoms with Gasteiger partial charge in [0.1, 0.15) is 0 Å². The molecule has 1 fully saturated rings. The van der Waals surface area contributed by atoms with Gasteiger partial charge < -0.3 is 9.73 Å². The number of hydrogen-bond donors (Lipinski definition) is 2. The fourth-order valence-electron chi connectivity index (χ4n) is 2.30. The van der Waals surface area contributed by atoms with E-state index in [1.807, 2.05) is 18.2 Å². The van der Waals surface area contributed by atoms with Gasteiger partial charge in [0.05, 0.1) is 5.52 Å². The molecule has 1 aromatic heterocycles. The third-order valence-electron chi connectivity index (χ3n) is 3.16. The lowest BCUT2D eigenvalue weighted by Crippen LogP contribution is -2.33. The fraction of sp³-hybridized carbons (Fsp3) is 0.417. The average Bonchev–Trinajstić information content (AvgIpc) is 2.55. The molecule has 1 aliphatic carbocycles. The van der Waals surface area contributed by atoms with Gasteiger partial charge in [0, 0.05) is 11.7 Å². The van der Waals surface area contributed by atoms with Crippen molar-refractivity contribution in [3.8, 4) is 0 Å². The minimum Gasteiger partial charge on any atom is -0.408 e. The molecule has 1 aliphatic rings. The molecule has 0 bridgehead atoms. The summed E-state index contributed by atoms with van der Waals surface area (Å²) in [6.07, 6.45) is 2.44. The summed E-state index contributed by atoms with van der Waals surface area (Å²) in [7, 11) is 0. The van der Waals surface area contributed by atoms with Crippen LogP contribution in [0.15, 0.2) is 27.4 Å². The lowest BCUT2D eigenvalue weighted by molar-refractivity contribution is 0.309. The van der Waals surface area contributed by atoms with Crippen LogP contribution in [0.4, 0.5) is 5.69 Å². The number of oxazole rings is 1. The predicted octanol–water partition coefficient (Wildman–Crippen LogP) is 2.33. The Labute approximate surface area is 92.7 Å². The van der Waals surface area contributed by atoms with Gasteiger partial charge in [0.15, 0.2) is 5.58 Å². The average molecular weight is 218 g/mol. The van der Waals surface area contributed by atoms with Crippen LogP contribution in [0.25, 0.3) is 11.1 Å². The van der Waals surface area contributed by atoms with E-state index in [1.165, 1.54) is 12.8 Å². The third kappa shape index (κ3) is 1.60. The zero-order valence-corrected chi connectivity index (χ0v) is 9.12. The van der Waals surface area contributed by atoms with Crippen molar-refractivity contribution in [2.75, 3.05) is 5.32 Å². The number of anilines is 1. The van der Waals surface area contributed by atoms with Gasteiger partial charge in [0.25, 0.3) is 0 Å². The molecule has 84 valence electrons. The molecule has 3 rings (SSSR count). The van der Waals surface area contributed by atoms with E-state index < -0.39 is 5.76 Å². The van der Waals surface area contributed by atoms with Crippen molar-refractivity contribution in [1.82, 2.24) is 4.98 Å². The largest absolute Gasteiger partial charge is 0.417 e. The highest BCUT2D eigenvalue weighted by atomic mass is 16.4. The first-order valence-corrected chi connectivity index (χ1v) is 5.60. The van der Waals surface area contributed by atoms with Crippen molar-refractivity contribution in [2.45, 2.75) is 25.8 Å². The number of H-pyrrole nitrogens is 1. The topological polar surface area (TPSA) is 58.0 Å². The Morgan fingerprint density at radius 3 is 3.00 bits per heavy atom. The van der Waals surface area contributed by atoms with Crippen LogP contribution >= 0.6 is 0 Å². The van der Waals surface area contributed by atoms with Crippen molar-refractivity contribution in [3.05, 3.63) is 28.7 Å². The van der Waals surface area contributed by atoms with E-state index in [9.17, 15) is 4.79 Å². The number of benzene rings is 1. The Balaban J connectivity index is 1.84. The van der Waals surface area contributed by atoms with Crippen LogP contribution in [-0.4, -0.2) is 11.0 Å². The first kappa shape index (κ1) is 9.51. The number of fused-ring (bicyclic) bond motifs is 1. The van der Waals surface area contributed by atoms with Gasteiger partial charge in [-0.25, -0.2) is 4.79 Å². The number of nitrogens with one attached hydrogen (secondary N) is 2. The molecule has 0 amide bonds. The first-order chi connectivity index (χ1) is 7.70. The van der Waals surface area contributed by atoms with Gasteiger partial charge in [-0.05, 0) is 37.0 Å². The van der Waals surface area contributed by atoms with Gasteiger partial charge in [-0.15, -0.1) is 0 Å². The highest BCUT2D eigenvalue weighted by molar-refractivity contribution is 5.76. The third-order valence-corrected chi connectivity index (χ3v) is 3.16. The highest BCUT2D eigenvalue weighted by Crippen LogP contribution is 2.29. The fourth-order valence-corrected chi connectivity index (χ4v) is 2.30. The highest BCUT2D eigenvalue weighted by Gasteiger charge is 2.24. The predicted molar refractivity (Wildman–Crippen MR) is 62.6 cm³/mol. The molecule has 0 unspecified atom stereocenters. The van der Waals surface area contributed by atoms with Crippen LogP contribution in [-0.2, 0) is 0 Å². The number of aromatic amines is 1. The van der Waals surface area contributed by atoms with E-state index in [4.69, 9.17) is 4.42 Å². The van der Waals surface area contributed by atoms with Crippen molar-refractivity contribution in [3.63, 3.8) is 0 Å². The molecule has 4 heteroatoms. The Morgan fingerprint density at radius 1 is 1.44 bits per heavy atom. The van der Waals surface area contributed by atoms with Crippen molar-refractivity contribution in [2.24, 2.45) is 5.92 Å². The summed E-state index contributed by atoms with van der Waals surface area (Å²) in [6, 6.07) is 6.26. The summed E-state index contributed by atoms with van der Waals surface area (Å²) in [4.78, 5) is 13.6. The summed E-state index contributed by atoms with van der Waals surface area (Å²) in [5, 5.41) is 3.45. The van der Waals surface area contributed by atoms with Crippen molar-refractivity contribution < 1.29 is 4.42 Å². The molecule has 1 heterocycles. The molecule has 0 aliphatic heterocycles. The summed E-state index contributed by atoms with van der Waals surface area (Å²) in [5.74, 6) is 0.430. The number of hydrogen-bond acceptors (Lipinski definition) is 3. The van der Waals surface area contributed by atoms with Gasteiger partial charge >= 0.3 is 5.76 Å². The summed E-state index contributed by atoms with van der Waals surface area (Å²) >= 11 is 0. The van der Waals surface area contributed by atoms with Crippen LogP contribution in [0, 0.1) is 5.92 Å². The van der Waals surface area contributed by atoms with Crippen LogP contribution in [0.1, 0.15) is 19.8 Å². The molecular weight excluding hydrogens is 204 g/mol. The summed E-state index contributed by atoms with van der Waals surface area (Å²) in [6.45, 7) is 2.26. The van der Waals surface area contributed by atoms with Crippen molar-refractivity contribution in [1.29, 1.82) is 0 Å². The molecule has 1 saturated carbocycles. The molecule has 16 heavy (non-hydrogen) atoms. The summed E-state index contributed by atoms with van der Waals surface area (Å²) < 4.78 is 4.95. The molecule has 2 N–H and O–H groups in total. The molecule has 2 aromatic rings. The van der Waals surface area contributed by atoms with Crippen LogP contribution in [0.3, 0.4) is 0 Å². The molecule has 0 atom stereocenters. The molecule has 0 spiro atoms. The molecule has 0 saturated heterocycles. The lowest BCUT2D eigenvalue weighted by atomic mass is 9.82. The molecule has 0 radical (unpaired) electrons. The Bertz CT molecular complexity index is 564.